The molecule has 2 nitrogen and oxygen atoms in total. The van der Waals surface area contributed by atoms with E-state index in [4.69, 9.17) is 5.73 Å². The summed E-state index contributed by atoms with van der Waals surface area (Å²) >= 11 is 1.74. The van der Waals surface area contributed by atoms with Crippen molar-refractivity contribution in [2.45, 2.75) is 39.0 Å². The fourth-order valence-electron chi connectivity index (χ4n) is 1.69. The molecule has 2 aliphatic rings. The number of carbonyl (C=O) groups is 1. The molecule has 0 spiro atoms. The molecule has 1 amide bonds. The minimum Gasteiger partial charge on any atom is -1.00 e. The van der Waals surface area contributed by atoms with E-state index < -0.39 is 8.80 Å². The van der Waals surface area contributed by atoms with Gasteiger partial charge in [0.1, 0.15) is 8.80 Å². The van der Waals surface area contributed by atoms with Crippen molar-refractivity contribution in [1.82, 2.24) is 0 Å². The number of hydrogen-bond acceptors (Lipinski definition) is 1. The fourth-order valence-corrected chi connectivity index (χ4v) is 1.69. The molecule has 119 valence electrons. The summed E-state index contributed by atoms with van der Waals surface area (Å²) in [6.07, 6.45) is 14.1. The number of nitrogens with one attached hydrogen (secondary N) is 1. The summed E-state index contributed by atoms with van der Waals surface area (Å²) in [7, 11) is -0.924. The van der Waals surface area contributed by atoms with E-state index in [1.54, 1.807) is 36.4 Å². The van der Waals surface area contributed by atoms with Crippen LogP contribution in [0.5, 0.6) is 0 Å². The molecule has 0 bridgehead atoms. The van der Waals surface area contributed by atoms with E-state index in [0.29, 0.717) is 0 Å². The van der Waals surface area contributed by atoms with Gasteiger partial charge in [-0.2, -0.15) is 6.42 Å². The van der Waals surface area contributed by atoms with Gasteiger partial charge in [0.05, 0.1) is 0 Å². The van der Waals surface area contributed by atoms with E-state index in [0.717, 1.165) is 11.8 Å². The van der Waals surface area contributed by atoms with Crippen molar-refractivity contribution >= 4 is 19.8 Å². The van der Waals surface area contributed by atoms with E-state index in [1.165, 1.54) is 12.8 Å². The number of halogens is 2. The first-order valence-electron chi connectivity index (χ1n) is 6.60. The van der Waals surface area contributed by atoms with Gasteiger partial charge in [-0.25, -0.2) is 0 Å². The van der Waals surface area contributed by atoms with Crippen molar-refractivity contribution in [2.75, 3.05) is 0 Å². The second-order valence-corrected chi connectivity index (χ2v) is 17.0. The number of amides is 1. The molecule has 1 N–H and O–H groups in total. The molecular formula is C14H24Cl2NOSi2Zr-2. The third-order valence-corrected chi connectivity index (χ3v) is 3.60. The topological polar surface area (TPSA) is 40.9 Å². The first-order chi connectivity index (χ1) is 8.84. The summed E-state index contributed by atoms with van der Waals surface area (Å²) in [5.74, 6) is 1.62. The van der Waals surface area contributed by atoms with Crippen LogP contribution in [0.1, 0.15) is 12.8 Å². The molecule has 1 saturated carbocycles. The molecule has 0 aromatic heterocycles. The largest absolute Gasteiger partial charge is 1.00 e. The van der Waals surface area contributed by atoms with Crippen molar-refractivity contribution in [3.63, 3.8) is 0 Å². The summed E-state index contributed by atoms with van der Waals surface area (Å²) in [5.41, 5.74) is 6.26. The quantitative estimate of drug-likeness (QED) is 0.366. The molecule has 0 saturated heterocycles. The predicted molar refractivity (Wildman–Crippen MR) is 83.5 cm³/mol. The van der Waals surface area contributed by atoms with Gasteiger partial charge >= 0.3 is 41.9 Å². The van der Waals surface area contributed by atoms with Crippen molar-refractivity contribution in [1.29, 1.82) is 0 Å². The Labute approximate surface area is 159 Å². The monoisotopic (exact) mass is 438 g/mol. The van der Waals surface area contributed by atoms with Gasteiger partial charge in [0, 0.05) is 5.53 Å². The minimum absolute atomic E-state index is 0. The van der Waals surface area contributed by atoms with Crippen LogP contribution in [0.25, 0.3) is 5.73 Å². The van der Waals surface area contributed by atoms with Crippen LogP contribution in [0.3, 0.4) is 0 Å². The number of hydrogen-bond donors (Lipinski definition) is 0. The zero-order valence-corrected chi connectivity index (χ0v) is 19.1. The average molecular weight is 441 g/mol. The molecule has 7 heteroatoms. The number of allylic oxidation sites excluding steroid dienone is 4. The molecule has 2 atom stereocenters. The molecule has 0 aliphatic heterocycles. The van der Waals surface area contributed by atoms with Crippen LogP contribution < -0.4 is 24.8 Å². The zero-order valence-electron chi connectivity index (χ0n) is 13.1. The Kier molecular flexibility index (Phi) is 20.0. The smallest absolute Gasteiger partial charge is 0.102 e. The maximum Gasteiger partial charge on any atom is 0.102 e. The number of carbonyl (C=O) groups excluding carboxylic acids is 1. The first kappa shape index (κ1) is 26.7. The summed E-state index contributed by atoms with van der Waals surface area (Å²) in [6, 6.07) is 0. The van der Waals surface area contributed by atoms with Crippen LogP contribution in [-0.2, 0) is 23.3 Å². The second kappa shape index (κ2) is 15.7. The van der Waals surface area contributed by atoms with Crippen LogP contribution in [-0.4, -0.2) is 19.8 Å². The van der Waals surface area contributed by atoms with Crippen molar-refractivity contribution in [2.24, 2.45) is 11.8 Å². The number of fused-ring (bicyclic) bond motifs is 1. The van der Waals surface area contributed by atoms with E-state index >= 15 is 0 Å². The summed E-state index contributed by atoms with van der Waals surface area (Å²) in [6.45, 7) is 8.23. The van der Waals surface area contributed by atoms with Gasteiger partial charge < -0.3 is 41.8 Å². The van der Waals surface area contributed by atoms with E-state index in [2.05, 4.69) is 43.8 Å². The molecular weight excluding hydrogens is 416 g/mol. The van der Waals surface area contributed by atoms with Gasteiger partial charge in [-0.3, -0.25) is 0 Å². The van der Waals surface area contributed by atoms with Gasteiger partial charge in [-0.05, 0) is 5.92 Å². The number of rotatable bonds is 1. The first-order valence-corrected chi connectivity index (χ1v) is 15.3. The molecule has 0 aromatic rings. The zero-order chi connectivity index (χ0) is 14.8. The van der Waals surface area contributed by atoms with Crippen molar-refractivity contribution in [3.05, 3.63) is 36.5 Å². The molecule has 2 aliphatic carbocycles. The third-order valence-electron chi connectivity index (χ3n) is 2.69. The Balaban J connectivity index is -0.000000242. The second-order valence-electron chi connectivity index (χ2n) is 5.15. The van der Waals surface area contributed by atoms with E-state index in [9.17, 15) is 4.79 Å². The Morgan fingerprint density at radius 3 is 2.00 bits per heavy atom. The van der Waals surface area contributed by atoms with Crippen molar-refractivity contribution < 1.29 is 52.9 Å². The standard InChI is InChI=1S/C9H11.C3H8NOSi.C2H6Si.2ClH.Zr/c1-2-5-9-7-3-6-8(9)4-1;1-6(2)3(4)5;1-3-2;;;/h1-2,4-6,8-9H,3,7H2;1-2H3,(H2,4,5);1-2H3;2*1H;/q-1;;;;;+2/p-3. The molecule has 2 unspecified atom stereocenters. The molecule has 21 heavy (non-hydrogen) atoms. The molecule has 2 rings (SSSR count). The Hall–Kier alpha value is 0.847. The van der Waals surface area contributed by atoms with E-state index in [1.807, 2.05) is 0 Å². The van der Waals surface area contributed by atoms with Gasteiger partial charge in [0.2, 0.25) is 0 Å². The van der Waals surface area contributed by atoms with Crippen LogP contribution in [0.2, 0.25) is 26.2 Å². The van der Waals surface area contributed by atoms with Gasteiger partial charge in [0.15, 0.2) is 0 Å². The van der Waals surface area contributed by atoms with Gasteiger partial charge in [-0.15, -0.1) is 12.0 Å². The summed E-state index contributed by atoms with van der Waals surface area (Å²) < 4.78 is 0. The maximum atomic E-state index is 9.86. The van der Waals surface area contributed by atoms with Crippen LogP contribution in [0.4, 0.5) is 4.79 Å². The maximum absolute atomic E-state index is 9.86. The fraction of sp³-hybridized carbons (Fsp3) is 0.571. The molecule has 0 aromatic carbocycles. The van der Waals surface area contributed by atoms with Crippen LogP contribution >= 0.6 is 0 Å². The van der Waals surface area contributed by atoms with Gasteiger partial charge in [-0.1, -0.05) is 37.7 Å². The average Bonchev–Trinajstić information content (AvgIpc) is 2.76. The van der Waals surface area contributed by atoms with Crippen molar-refractivity contribution in [3.8, 4) is 0 Å². The van der Waals surface area contributed by atoms with E-state index in [-0.39, 0.29) is 35.8 Å². The van der Waals surface area contributed by atoms with Crippen LogP contribution in [0.15, 0.2) is 24.3 Å². The Bertz CT molecular complexity index is 341. The van der Waals surface area contributed by atoms with Gasteiger partial charge in [0.25, 0.3) is 0 Å². The Morgan fingerprint density at radius 2 is 1.62 bits per heavy atom. The predicted octanol–water partition coefficient (Wildman–Crippen LogP) is -1.37. The molecule has 1 radical (unpaired) electrons. The summed E-state index contributed by atoms with van der Waals surface area (Å²) in [5, 5.41) is 0. The minimum atomic E-state index is -0.924. The Morgan fingerprint density at radius 1 is 1.19 bits per heavy atom. The summed E-state index contributed by atoms with van der Waals surface area (Å²) in [4.78, 5) is 9.86. The molecule has 0 heterocycles. The third kappa shape index (κ3) is 15.5. The normalized spacial score (nSPS) is 20.7. The molecule has 1 fully saturated rings. The SMILES string of the molecule is C1=CC2[CH-]CCC2C=C1.C[Si](C)=[Zr+2].C[Si](C)C([NH-])=O.[Cl-].[Cl-]. The van der Waals surface area contributed by atoms with Crippen LogP contribution in [0, 0.1) is 18.3 Å².